The largest absolute Gasteiger partial charge is 0.478 e. The summed E-state index contributed by atoms with van der Waals surface area (Å²) in [5.74, 6) is -6.06. The van der Waals surface area contributed by atoms with Crippen molar-refractivity contribution in [3.8, 4) is 0 Å². The van der Waals surface area contributed by atoms with Gasteiger partial charge in [-0.3, -0.25) is 4.79 Å². The van der Waals surface area contributed by atoms with E-state index in [1.54, 1.807) is 12.1 Å². The number of rotatable bonds is 13. The number of carbonyl (C=O) groups is 5. The Balaban J connectivity index is 0.000000271. The summed E-state index contributed by atoms with van der Waals surface area (Å²) in [5, 5.41) is 21.2. The number of halogens is 1. The van der Waals surface area contributed by atoms with E-state index >= 15 is 0 Å². The first kappa shape index (κ1) is 38.4. The van der Waals surface area contributed by atoms with Gasteiger partial charge < -0.3 is 42.2 Å². The maximum absolute atomic E-state index is 12.2. The van der Waals surface area contributed by atoms with E-state index < -0.39 is 42.0 Å². The van der Waals surface area contributed by atoms with Gasteiger partial charge in [0.25, 0.3) is 5.91 Å². The molecule has 0 aliphatic rings. The first-order valence-electron chi connectivity index (χ1n) is 14.9. The molecular formula is C34H35ClN6O9. The summed E-state index contributed by atoms with van der Waals surface area (Å²) >= 11 is 5.79. The van der Waals surface area contributed by atoms with Crippen LogP contribution in [-0.4, -0.2) is 75.3 Å². The Hall–Kier alpha value is -6.06. The number of aliphatic carboxylic acids is 2. The Kier molecular flexibility index (Phi) is 14.2. The molecule has 0 bridgehead atoms. The number of carbonyl (C=O) groups excluding carboxylic acids is 3. The smallest absolute Gasteiger partial charge is 0.349 e. The van der Waals surface area contributed by atoms with Gasteiger partial charge >= 0.3 is 23.9 Å². The summed E-state index contributed by atoms with van der Waals surface area (Å²) < 4.78 is 9.52. The third kappa shape index (κ3) is 11.0. The summed E-state index contributed by atoms with van der Waals surface area (Å²) in [5.41, 5.74) is 19.4. The first-order valence-corrected chi connectivity index (χ1v) is 15.3. The third-order valence-corrected chi connectivity index (χ3v) is 7.30. The van der Waals surface area contributed by atoms with E-state index in [4.69, 9.17) is 38.3 Å². The number of esters is 2. The zero-order valence-corrected chi connectivity index (χ0v) is 27.4. The number of carboxylic acids is 2. The van der Waals surface area contributed by atoms with Crippen LogP contribution in [0, 0.1) is 12.8 Å². The van der Waals surface area contributed by atoms with Gasteiger partial charge in [0.2, 0.25) is 12.2 Å². The molecule has 4 rings (SSSR count). The Morgan fingerprint density at radius 3 is 1.70 bits per heavy atom. The molecular weight excluding hydrogens is 672 g/mol. The van der Waals surface area contributed by atoms with E-state index in [2.05, 4.69) is 21.4 Å². The molecule has 15 nitrogen and oxygen atoms in total. The van der Waals surface area contributed by atoms with Crippen molar-refractivity contribution < 1.29 is 43.7 Å². The van der Waals surface area contributed by atoms with Crippen LogP contribution >= 0.6 is 11.6 Å². The second-order valence-electron chi connectivity index (χ2n) is 10.6. The van der Waals surface area contributed by atoms with Crippen LogP contribution in [0.2, 0.25) is 5.15 Å². The van der Waals surface area contributed by atoms with Gasteiger partial charge in [0.15, 0.2) is 22.5 Å². The molecule has 0 saturated carbocycles. The molecule has 9 N–H and O–H groups in total. The second kappa shape index (κ2) is 18.5. The van der Waals surface area contributed by atoms with Crippen LogP contribution in [0.5, 0.6) is 0 Å². The topological polar surface area (TPSA) is 260 Å². The molecule has 1 amide bonds. The fourth-order valence-corrected chi connectivity index (χ4v) is 4.44. The molecule has 4 aromatic rings. The molecule has 0 spiro atoms. The average molecular weight is 707 g/mol. The number of nitrogens with zero attached hydrogens (tertiary/aromatic N) is 2. The zero-order valence-electron chi connectivity index (χ0n) is 26.7. The number of nitrogens with one attached hydrogen (secondary N) is 1. The zero-order chi connectivity index (χ0) is 36.8. The molecule has 0 fully saturated rings. The standard InChI is InChI=1S/C18H14O8.C16H21ClN6O/c19-15(20)13(25-17(23)11-7-3-1-4-8-11)14(16(21)22)26-18(24)12-9-5-2-6-10-12;1-9-4-2-3-5-11(9)6-10(7-18)8-21-16(24)12-14(19)23-15(20)13(17)22-12/h1-10,13-14H,(H,19,20)(H,21,22);2-5,10H,6-8,18H2,1H3,(H,21,24)(H4,19,20,23)/t13-,14-;10-/m01/s1. The van der Waals surface area contributed by atoms with Crippen LogP contribution in [0.1, 0.15) is 42.3 Å². The lowest BCUT2D eigenvalue weighted by molar-refractivity contribution is -0.166. The van der Waals surface area contributed by atoms with Gasteiger partial charge in [-0.05, 0) is 61.2 Å². The van der Waals surface area contributed by atoms with Gasteiger partial charge in [0.1, 0.15) is 0 Å². The lowest BCUT2D eigenvalue weighted by Crippen LogP contribution is -2.45. The van der Waals surface area contributed by atoms with Gasteiger partial charge in [-0.2, -0.15) is 0 Å². The number of aromatic nitrogens is 2. The number of nitrogens with two attached hydrogens (primary N) is 3. The maximum atomic E-state index is 12.2. The number of hydrogen-bond acceptors (Lipinski definition) is 12. The molecule has 0 radical (unpaired) electrons. The Morgan fingerprint density at radius 1 is 0.760 bits per heavy atom. The number of hydrogen-bond donors (Lipinski definition) is 6. The van der Waals surface area contributed by atoms with E-state index in [1.165, 1.54) is 59.7 Å². The molecule has 262 valence electrons. The van der Waals surface area contributed by atoms with Crippen LogP contribution in [0.3, 0.4) is 0 Å². The Morgan fingerprint density at radius 2 is 1.24 bits per heavy atom. The van der Waals surface area contributed by atoms with E-state index in [0.717, 1.165) is 6.42 Å². The second-order valence-corrected chi connectivity index (χ2v) is 11.0. The van der Waals surface area contributed by atoms with Crippen LogP contribution in [0.4, 0.5) is 11.6 Å². The van der Waals surface area contributed by atoms with Gasteiger partial charge in [0.05, 0.1) is 11.1 Å². The normalized spacial score (nSPS) is 12.2. The predicted molar refractivity (Wildman–Crippen MR) is 182 cm³/mol. The van der Waals surface area contributed by atoms with Crippen molar-refractivity contribution in [1.82, 2.24) is 15.3 Å². The van der Waals surface area contributed by atoms with Crippen LogP contribution in [-0.2, 0) is 25.5 Å². The summed E-state index contributed by atoms with van der Waals surface area (Å²) in [6.07, 6.45) is -3.66. The summed E-state index contributed by atoms with van der Waals surface area (Å²) in [7, 11) is 0. The van der Waals surface area contributed by atoms with Crippen LogP contribution in [0.15, 0.2) is 84.9 Å². The molecule has 3 atom stereocenters. The van der Waals surface area contributed by atoms with Crippen molar-refractivity contribution in [2.24, 2.45) is 11.7 Å². The minimum atomic E-state index is -2.21. The van der Waals surface area contributed by atoms with Gasteiger partial charge in [-0.1, -0.05) is 72.3 Å². The van der Waals surface area contributed by atoms with Crippen molar-refractivity contribution >= 4 is 53.0 Å². The SMILES string of the molecule is Cc1ccccc1C[C@H](CN)CNC(=O)c1nc(Cl)c(N)nc1N.O=C(O[C@H](C(=O)O)[C@H](OC(=O)c1ccccc1)C(=O)O)c1ccccc1. The van der Waals surface area contributed by atoms with Gasteiger partial charge in [-0.15, -0.1) is 0 Å². The third-order valence-electron chi connectivity index (χ3n) is 7.02. The molecule has 0 aliphatic carbocycles. The number of benzene rings is 3. The molecule has 3 aromatic carbocycles. The highest BCUT2D eigenvalue weighted by Crippen LogP contribution is 2.18. The van der Waals surface area contributed by atoms with Crippen molar-refractivity contribution in [3.63, 3.8) is 0 Å². The first-order chi connectivity index (χ1) is 23.8. The molecule has 1 aromatic heterocycles. The monoisotopic (exact) mass is 706 g/mol. The highest BCUT2D eigenvalue weighted by Gasteiger charge is 2.41. The van der Waals surface area contributed by atoms with E-state index in [-0.39, 0.29) is 39.5 Å². The van der Waals surface area contributed by atoms with Gasteiger partial charge in [-0.25, -0.2) is 29.1 Å². The minimum Gasteiger partial charge on any atom is -0.478 e. The van der Waals surface area contributed by atoms with Crippen molar-refractivity contribution in [3.05, 3.63) is 118 Å². The fraction of sp³-hybridized carbons (Fsp3) is 0.206. The molecule has 50 heavy (non-hydrogen) atoms. The maximum Gasteiger partial charge on any atom is 0.349 e. The van der Waals surface area contributed by atoms with E-state index in [0.29, 0.717) is 13.1 Å². The highest BCUT2D eigenvalue weighted by atomic mass is 35.5. The van der Waals surface area contributed by atoms with Gasteiger partial charge in [0, 0.05) is 6.54 Å². The predicted octanol–water partition coefficient (Wildman–Crippen LogP) is 2.76. The highest BCUT2D eigenvalue weighted by molar-refractivity contribution is 6.31. The van der Waals surface area contributed by atoms with Crippen LogP contribution in [0.25, 0.3) is 0 Å². The number of carboxylic acid groups (broad SMARTS) is 2. The van der Waals surface area contributed by atoms with Crippen molar-refractivity contribution in [2.75, 3.05) is 24.6 Å². The van der Waals surface area contributed by atoms with Crippen molar-refractivity contribution in [2.45, 2.75) is 25.6 Å². The number of anilines is 2. The number of ether oxygens (including phenoxy) is 2. The van der Waals surface area contributed by atoms with Crippen molar-refractivity contribution in [1.29, 1.82) is 0 Å². The Labute approximate surface area is 291 Å². The quantitative estimate of drug-likeness (QED) is 0.109. The van der Waals surface area contributed by atoms with E-state index in [9.17, 15) is 34.2 Å². The Bertz CT molecular complexity index is 1740. The molecule has 0 aliphatic heterocycles. The summed E-state index contributed by atoms with van der Waals surface area (Å²) in [4.78, 5) is 66.8. The van der Waals surface area contributed by atoms with Crippen LogP contribution < -0.4 is 22.5 Å². The number of aryl methyl sites for hydroxylation is 1. The molecule has 0 saturated heterocycles. The number of amides is 1. The minimum absolute atomic E-state index is 0.00916. The molecule has 1 heterocycles. The van der Waals surface area contributed by atoms with E-state index in [1.807, 2.05) is 25.1 Å². The molecule has 0 unspecified atom stereocenters. The summed E-state index contributed by atoms with van der Waals surface area (Å²) in [6, 6.07) is 22.9. The average Bonchev–Trinajstić information content (AvgIpc) is 3.11. The number of nitrogen functional groups attached to an aromatic ring is 2. The lowest BCUT2D eigenvalue weighted by atomic mass is 9.96. The molecule has 16 heteroatoms. The summed E-state index contributed by atoms with van der Waals surface area (Å²) in [6.45, 7) is 2.89. The fourth-order valence-electron chi connectivity index (χ4n) is 4.32. The lowest BCUT2D eigenvalue weighted by Gasteiger charge is -2.21.